The molecule has 6 rings (SSSR count). The van der Waals surface area contributed by atoms with Crippen LogP contribution in [-0.2, 0) is 4.79 Å². The van der Waals surface area contributed by atoms with Gasteiger partial charge < -0.3 is 9.88 Å². The molecule has 174 valence electrons. The second-order valence-electron chi connectivity index (χ2n) is 9.21. The fraction of sp³-hybridized carbons (Fsp3) is 0.320. The zero-order valence-corrected chi connectivity index (χ0v) is 18.4. The van der Waals surface area contributed by atoms with Crippen LogP contribution in [0, 0.1) is 5.92 Å². The van der Waals surface area contributed by atoms with E-state index in [9.17, 15) is 9.59 Å². The van der Waals surface area contributed by atoms with Crippen molar-refractivity contribution in [2.45, 2.75) is 31.6 Å². The molecule has 0 spiro atoms. The third-order valence-corrected chi connectivity index (χ3v) is 6.83. The topological polar surface area (TPSA) is 86.8 Å². The Morgan fingerprint density at radius 3 is 2.85 bits per heavy atom. The summed E-state index contributed by atoms with van der Waals surface area (Å²) in [4.78, 5) is 29.7. The number of rotatable bonds is 4. The monoisotopic (exact) mass is 463 g/mol. The molecule has 3 aromatic rings. The van der Waals surface area contributed by atoms with Crippen molar-refractivity contribution < 1.29 is 13.6 Å². The van der Waals surface area contributed by atoms with E-state index in [1.165, 1.54) is 6.08 Å². The molecule has 0 bridgehead atoms. The van der Waals surface area contributed by atoms with Crippen molar-refractivity contribution in [2.75, 3.05) is 13.1 Å². The average molecular weight is 463 g/mol. The molecule has 3 heterocycles. The first-order valence-electron chi connectivity index (χ1n) is 11.5. The van der Waals surface area contributed by atoms with Crippen LogP contribution in [0.1, 0.15) is 43.0 Å². The Bertz CT molecular complexity index is 1450. The first kappa shape index (κ1) is 20.8. The van der Waals surface area contributed by atoms with Gasteiger partial charge in [-0.2, -0.15) is 5.10 Å². The number of carbonyl (C=O) groups excluding carboxylic acids is 1. The van der Waals surface area contributed by atoms with Gasteiger partial charge in [-0.15, -0.1) is 0 Å². The number of nitrogens with zero attached hydrogens (tertiary/aromatic N) is 3. The summed E-state index contributed by atoms with van der Waals surface area (Å²) in [6.45, 7) is 1.05. The Morgan fingerprint density at radius 1 is 1.21 bits per heavy atom. The lowest BCUT2D eigenvalue weighted by molar-refractivity contribution is -0.131. The summed E-state index contributed by atoms with van der Waals surface area (Å²) >= 11 is 0. The molecule has 9 heteroatoms. The molecular formula is C25H23F2N5O2. The maximum Gasteiger partial charge on any atom is 0.348 e. The summed E-state index contributed by atoms with van der Waals surface area (Å²) in [7, 11) is 0. The van der Waals surface area contributed by atoms with E-state index in [1.54, 1.807) is 11.0 Å². The summed E-state index contributed by atoms with van der Waals surface area (Å²) in [5, 5.41) is 7.32. The smallest absolute Gasteiger partial charge is 0.348 e. The summed E-state index contributed by atoms with van der Waals surface area (Å²) in [5.41, 5.74) is 1.45. The Hall–Kier alpha value is -3.75. The second kappa shape index (κ2) is 7.93. The van der Waals surface area contributed by atoms with Crippen LogP contribution in [0.25, 0.3) is 22.7 Å². The van der Waals surface area contributed by atoms with E-state index < -0.39 is 29.0 Å². The summed E-state index contributed by atoms with van der Waals surface area (Å²) in [5.74, 6) is -1.59. The van der Waals surface area contributed by atoms with Crippen molar-refractivity contribution in [3.05, 3.63) is 75.6 Å². The molecule has 2 aromatic heterocycles. The van der Waals surface area contributed by atoms with Crippen molar-refractivity contribution in [3.63, 3.8) is 0 Å². The van der Waals surface area contributed by atoms with Crippen LogP contribution >= 0.6 is 0 Å². The summed E-state index contributed by atoms with van der Waals surface area (Å²) < 4.78 is 31.5. The van der Waals surface area contributed by atoms with Crippen molar-refractivity contribution >= 4 is 28.6 Å². The average Bonchev–Trinajstić information content (AvgIpc) is 3.21. The largest absolute Gasteiger partial charge is 0.361 e. The Labute approximate surface area is 193 Å². The van der Waals surface area contributed by atoms with Gasteiger partial charge in [0.05, 0.1) is 0 Å². The molecule has 0 radical (unpaired) electrons. The predicted molar refractivity (Wildman–Crippen MR) is 124 cm³/mol. The van der Waals surface area contributed by atoms with Crippen LogP contribution in [0.5, 0.6) is 0 Å². The van der Waals surface area contributed by atoms with E-state index in [-0.39, 0.29) is 24.1 Å². The third-order valence-electron chi connectivity index (χ3n) is 6.83. The number of fused-ring (bicyclic) bond motifs is 1. The van der Waals surface area contributed by atoms with Gasteiger partial charge in [-0.05, 0) is 60.1 Å². The lowest BCUT2D eigenvalue weighted by Gasteiger charge is -2.20. The molecule has 1 saturated heterocycles. The summed E-state index contributed by atoms with van der Waals surface area (Å²) in [6, 6.07) is 7.59. The van der Waals surface area contributed by atoms with Gasteiger partial charge in [0.2, 0.25) is 5.91 Å². The molecule has 1 atom stereocenters. The van der Waals surface area contributed by atoms with E-state index >= 15 is 8.78 Å². The number of halogens is 2. The number of allylic oxidation sites excluding steroid dienone is 4. The van der Waals surface area contributed by atoms with Gasteiger partial charge in [-0.1, -0.05) is 12.1 Å². The fourth-order valence-electron chi connectivity index (χ4n) is 4.85. The van der Waals surface area contributed by atoms with E-state index in [2.05, 4.69) is 15.2 Å². The van der Waals surface area contributed by atoms with Crippen molar-refractivity contribution in [2.24, 2.45) is 5.92 Å². The molecule has 3 aliphatic rings. The van der Waals surface area contributed by atoms with Crippen LogP contribution in [0.4, 0.5) is 8.78 Å². The van der Waals surface area contributed by atoms with Crippen LogP contribution in [0.3, 0.4) is 0 Å². The minimum Gasteiger partial charge on any atom is -0.361 e. The second-order valence-corrected chi connectivity index (χ2v) is 9.21. The maximum atomic E-state index is 15.3. The number of benzene rings is 1. The molecule has 1 amide bonds. The van der Waals surface area contributed by atoms with E-state index in [4.69, 9.17) is 0 Å². The quantitative estimate of drug-likeness (QED) is 0.606. The summed E-state index contributed by atoms with van der Waals surface area (Å²) in [6.07, 6.45) is 7.27. The lowest BCUT2D eigenvalue weighted by atomic mass is 9.90. The molecule has 1 saturated carbocycles. The first-order chi connectivity index (χ1) is 16.5. The third kappa shape index (κ3) is 3.61. The zero-order valence-electron chi connectivity index (χ0n) is 18.4. The number of carbonyl (C=O) groups is 1. The molecule has 1 aliphatic heterocycles. The number of H-pyrrole nitrogens is 2. The van der Waals surface area contributed by atoms with Crippen LogP contribution in [0.15, 0.2) is 58.6 Å². The SMILES string of the molecule is O=C(C1CC1)N1CC/C(=C\c2n[nH]c(=O)n2C2=C(F)CC(c3ccc4cc[nH]c4c3)C=C2F)C1. The van der Waals surface area contributed by atoms with Crippen molar-refractivity contribution in [1.29, 1.82) is 0 Å². The number of hydrogen-bond acceptors (Lipinski definition) is 3. The van der Waals surface area contributed by atoms with Gasteiger partial charge in [0.25, 0.3) is 0 Å². The van der Waals surface area contributed by atoms with Gasteiger partial charge in [0, 0.05) is 43.1 Å². The molecule has 2 N–H and O–H groups in total. The van der Waals surface area contributed by atoms with Crippen molar-refractivity contribution in [3.8, 4) is 0 Å². The van der Waals surface area contributed by atoms with Gasteiger partial charge in [-0.3, -0.25) is 4.79 Å². The van der Waals surface area contributed by atoms with Crippen molar-refractivity contribution in [1.82, 2.24) is 24.6 Å². The number of hydrogen-bond donors (Lipinski definition) is 2. The number of aromatic nitrogens is 4. The first-order valence-corrected chi connectivity index (χ1v) is 11.5. The molecule has 2 aliphatic carbocycles. The molecule has 1 unspecified atom stereocenters. The van der Waals surface area contributed by atoms with Crippen LogP contribution in [-0.4, -0.2) is 43.6 Å². The highest BCUT2D eigenvalue weighted by Crippen LogP contribution is 2.39. The van der Waals surface area contributed by atoms with E-state index in [0.29, 0.717) is 19.5 Å². The molecule has 7 nitrogen and oxygen atoms in total. The molecule has 2 fully saturated rings. The highest BCUT2D eigenvalue weighted by atomic mass is 19.1. The predicted octanol–water partition coefficient (Wildman–Crippen LogP) is 4.26. The van der Waals surface area contributed by atoms with Crippen LogP contribution < -0.4 is 5.69 Å². The molecular weight excluding hydrogens is 440 g/mol. The number of likely N-dealkylation sites (tertiary alicyclic amines) is 1. The number of nitrogens with one attached hydrogen (secondary N) is 2. The highest BCUT2D eigenvalue weighted by molar-refractivity contribution is 5.82. The highest BCUT2D eigenvalue weighted by Gasteiger charge is 2.35. The maximum absolute atomic E-state index is 15.3. The Morgan fingerprint density at radius 2 is 2.06 bits per heavy atom. The Balaban J connectivity index is 1.29. The lowest BCUT2D eigenvalue weighted by Crippen LogP contribution is -2.29. The molecule has 34 heavy (non-hydrogen) atoms. The van der Waals surface area contributed by atoms with E-state index in [0.717, 1.165) is 39.4 Å². The number of amides is 1. The van der Waals surface area contributed by atoms with Crippen LogP contribution in [0.2, 0.25) is 0 Å². The van der Waals surface area contributed by atoms with Gasteiger partial charge >= 0.3 is 5.69 Å². The number of aromatic amines is 2. The fourth-order valence-corrected chi connectivity index (χ4v) is 4.85. The Kier molecular flexibility index (Phi) is 4.86. The van der Waals surface area contributed by atoms with Gasteiger partial charge in [-0.25, -0.2) is 23.2 Å². The molecule has 1 aromatic carbocycles. The van der Waals surface area contributed by atoms with Gasteiger partial charge in [0.15, 0.2) is 5.82 Å². The normalized spacial score (nSPS) is 22.2. The standard InChI is InChI=1S/C25H23F2N5O2/c26-19-10-18(17-4-1-15-5-7-28-21(15)12-17)11-20(27)23(19)32-22(29-30-25(32)34)9-14-6-8-31(13-14)24(33)16-2-3-16/h1,4-5,7,9-10,12,16,18,28H,2-3,6,8,11,13H2,(H,30,34)/b14-9+. The minimum absolute atomic E-state index is 0.0632. The zero-order chi connectivity index (χ0) is 23.4. The van der Waals surface area contributed by atoms with E-state index in [1.807, 2.05) is 30.5 Å². The van der Waals surface area contributed by atoms with Gasteiger partial charge in [0.1, 0.15) is 17.4 Å². The minimum atomic E-state index is -0.805.